The lowest BCUT2D eigenvalue weighted by atomic mass is 9.74. The third kappa shape index (κ3) is 5.19. The van der Waals surface area contributed by atoms with Crippen molar-refractivity contribution in [2.24, 2.45) is 17.8 Å². The van der Waals surface area contributed by atoms with E-state index in [-0.39, 0.29) is 30.2 Å². The molecule has 0 aliphatic carbocycles. The average molecular weight is 646 g/mol. The van der Waals surface area contributed by atoms with Crippen molar-refractivity contribution in [3.8, 4) is 11.5 Å². The van der Waals surface area contributed by atoms with E-state index >= 15 is 0 Å². The average Bonchev–Trinajstić information content (AvgIpc) is 3.31. The highest BCUT2D eigenvalue weighted by atomic mass is 32.2. The van der Waals surface area contributed by atoms with E-state index in [9.17, 15) is 19.5 Å². The zero-order valence-corrected chi connectivity index (χ0v) is 27.9. The maximum atomic E-state index is 14.9. The van der Waals surface area contributed by atoms with Crippen LogP contribution in [-0.4, -0.2) is 82.7 Å². The molecule has 0 aromatic heterocycles. The van der Waals surface area contributed by atoms with Gasteiger partial charge in [-0.2, -0.15) is 0 Å². The summed E-state index contributed by atoms with van der Waals surface area (Å²) in [6.45, 7) is 8.97. The molecule has 6 rings (SSSR count). The van der Waals surface area contributed by atoms with Gasteiger partial charge in [0.05, 0.1) is 42.9 Å². The van der Waals surface area contributed by atoms with Crippen LogP contribution in [0.5, 0.6) is 11.5 Å². The smallest absolute Gasteiger partial charge is 0.251 e. The molecule has 1 unspecified atom stereocenters. The molecule has 2 saturated heterocycles. The number of ether oxygens (including phenoxy) is 2. The van der Waals surface area contributed by atoms with Crippen LogP contribution in [0.25, 0.3) is 0 Å². The molecule has 244 valence electrons. The van der Waals surface area contributed by atoms with Crippen molar-refractivity contribution in [2.75, 3.05) is 43.2 Å². The molecule has 4 aliphatic rings. The van der Waals surface area contributed by atoms with Gasteiger partial charge in [-0.3, -0.25) is 14.4 Å². The molecule has 3 amide bonds. The molecular weight excluding hydrogens is 602 g/mol. The first-order valence-electron chi connectivity index (χ1n) is 16.1. The van der Waals surface area contributed by atoms with E-state index in [1.54, 1.807) is 33.6 Å². The molecule has 10 heteroatoms. The van der Waals surface area contributed by atoms with Crippen LogP contribution in [0.3, 0.4) is 0 Å². The predicted octanol–water partition coefficient (Wildman–Crippen LogP) is 4.69. The van der Waals surface area contributed by atoms with Gasteiger partial charge in [0.2, 0.25) is 11.8 Å². The lowest BCUT2D eigenvalue weighted by Crippen LogP contribution is -2.57. The molecule has 4 aliphatic heterocycles. The van der Waals surface area contributed by atoms with Crippen LogP contribution in [0.4, 0.5) is 11.4 Å². The van der Waals surface area contributed by atoms with Crippen molar-refractivity contribution in [3.05, 3.63) is 72.8 Å². The van der Waals surface area contributed by atoms with Gasteiger partial charge in [0.25, 0.3) is 5.91 Å². The molecule has 1 spiro atoms. The molecule has 9 nitrogen and oxygen atoms in total. The fourth-order valence-corrected chi connectivity index (χ4v) is 9.93. The number of methoxy groups -OCH3 is 1. The Morgan fingerprint density at radius 2 is 1.46 bits per heavy atom. The minimum atomic E-state index is -1.01. The number of hydrogen-bond donors (Lipinski definition) is 1. The maximum absolute atomic E-state index is 14.9. The van der Waals surface area contributed by atoms with Crippen LogP contribution < -0.4 is 19.3 Å². The van der Waals surface area contributed by atoms with Gasteiger partial charge in [-0.1, -0.05) is 38.2 Å². The number of fused-ring (bicyclic) bond motifs is 2. The Kier molecular flexibility index (Phi) is 8.71. The summed E-state index contributed by atoms with van der Waals surface area (Å²) in [6.07, 6.45) is 8.55. The summed E-state index contributed by atoms with van der Waals surface area (Å²) in [5, 5.41) is 10.7. The lowest BCUT2D eigenvalue weighted by molar-refractivity contribution is -0.142. The van der Waals surface area contributed by atoms with Crippen molar-refractivity contribution < 1.29 is 29.0 Å². The summed E-state index contributed by atoms with van der Waals surface area (Å²) < 4.78 is 9.20. The fourth-order valence-electron chi connectivity index (χ4n) is 7.79. The fraction of sp³-hybridized carbons (Fsp3) is 0.472. The molecule has 0 bridgehead atoms. The van der Waals surface area contributed by atoms with Crippen molar-refractivity contribution in [1.29, 1.82) is 0 Å². The predicted molar refractivity (Wildman–Crippen MR) is 180 cm³/mol. The van der Waals surface area contributed by atoms with Gasteiger partial charge in [-0.15, -0.1) is 11.8 Å². The van der Waals surface area contributed by atoms with E-state index in [0.29, 0.717) is 37.6 Å². The van der Waals surface area contributed by atoms with E-state index < -0.39 is 33.4 Å². The second-order valence-corrected chi connectivity index (χ2v) is 14.8. The van der Waals surface area contributed by atoms with Crippen LogP contribution in [-0.2, 0) is 14.4 Å². The van der Waals surface area contributed by atoms with E-state index in [1.807, 2.05) is 94.5 Å². The number of carbonyl (C=O) groups is 3. The van der Waals surface area contributed by atoms with Crippen LogP contribution in [0.15, 0.2) is 72.8 Å². The second kappa shape index (κ2) is 12.4. The Morgan fingerprint density at radius 3 is 2.02 bits per heavy atom. The monoisotopic (exact) mass is 645 g/mol. The van der Waals surface area contributed by atoms with Gasteiger partial charge in [-0.25, -0.2) is 0 Å². The van der Waals surface area contributed by atoms with Gasteiger partial charge in [0, 0.05) is 29.2 Å². The topological polar surface area (TPSA) is 99.6 Å². The number of hydrogen-bond acceptors (Lipinski definition) is 7. The Balaban J connectivity index is 1.45. The zero-order valence-electron chi connectivity index (χ0n) is 27.1. The molecule has 6 atom stereocenters. The van der Waals surface area contributed by atoms with Gasteiger partial charge < -0.3 is 29.3 Å². The standard InChI is InChI=1S/C36H43N3O6S/c1-6-45-28-15-11-24(12-16-28)37-19-7-17-35(4)29(32(37)41)30-33(42)39(26(22-40)21-23(2)3)31-34(43)38(20-8-18-36(30,31)46-35)25-9-13-27(44-5)14-10-25/h7-18,23,26,29-31,40H,6,19-22H2,1-5H3/t26-,29-,30+,31?,35+,36+/m1/s1. The van der Waals surface area contributed by atoms with E-state index in [4.69, 9.17) is 9.47 Å². The zero-order chi connectivity index (χ0) is 32.8. The second-order valence-electron chi connectivity index (χ2n) is 13.0. The summed E-state index contributed by atoms with van der Waals surface area (Å²) in [6, 6.07) is 13.3. The highest BCUT2D eigenvalue weighted by Crippen LogP contribution is 2.66. The number of rotatable bonds is 9. The Bertz CT molecular complexity index is 1540. The molecule has 0 radical (unpaired) electrons. The number of benzene rings is 2. The summed E-state index contributed by atoms with van der Waals surface area (Å²) in [5.74, 6) is -0.590. The van der Waals surface area contributed by atoms with E-state index in [1.165, 1.54) is 0 Å². The summed E-state index contributed by atoms with van der Waals surface area (Å²) >= 11 is 1.54. The summed E-state index contributed by atoms with van der Waals surface area (Å²) in [7, 11) is 1.59. The van der Waals surface area contributed by atoms with Gasteiger partial charge in [0.1, 0.15) is 17.5 Å². The maximum Gasteiger partial charge on any atom is 0.251 e. The molecule has 2 aromatic rings. The first kappa shape index (κ1) is 32.2. The Hall–Kier alpha value is -3.76. The van der Waals surface area contributed by atoms with Crippen LogP contribution in [0.2, 0.25) is 0 Å². The molecule has 2 fully saturated rings. The number of aliphatic hydroxyl groups excluding tert-OH is 1. The van der Waals surface area contributed by atoms with Gasteiger partial charge in [0.15, 0.2) is 0 Å². The number of thioether (sulfide) groups is 1. The number of aliphatic hydroxyl groups is 1. The molecule has 0 saturated carbocycles. The van der Waals surface area contributed by atoms with Crippen molar-refractivity contribution in [2.45, 2.75) is 55.7 Å². The summed E-state index contributed by atoms with van der Waals surface area (Å²) in [5.41, 5.74) is 1.41. The summed E-state index contributed by atoms with van der Waals surface area (Å²) in [4.78, 5) is 49.5. The minimum Gasteiger partial charge on any atom is -0.497 e. The largest absolute Gasteiger partial charge is 0.497 e. The quantitative estimate of drug-likeness (QED) is 0.395. The molecule has 46 heavy (non-hydrogen) atoms. The number of anilines is 2. The number of amides is 3. The van der Waals surface area contributed by atoms with Crippen LogP contribution in [0, 0.1) is 17.8 Å². The highest BCUT2D eigenvalue weighted by Gasteiger charge is 2.74. The third-order valence-electron chi connectivity index (χ3n) is 9.69. The number of carbonyl (C=O) groups excluding carboxylic acids is 3. The highest BCUT2D eigenvalue weighted by molar-refractivity contribution is 8.02. The Labute approximate surface area is 275 Å². The number of likely N-dealkylation sites (tertiary alicyclic amines) is 1. The van der Waals surface area contributed by atoms with Gasteiger partial charge >= 0.3 is 0 Å². The van der Waals surface area contributed by atoms with Crippen LogP contribution >= 0.6 is 11.8 Å². The first-order valence-corrected chi connectivity index (χ1v) is 16.9. The van der Waals surface area contributed by atoms with Crippen LogP contribution in [0.1, 0.15) is 34.1 Å². The van der Waals surface area contributed by atoms with Crippen molar-refractivity contribution in [1.82, 2.24) is 4.90 Å². The van der Waals surface area contributed by atoms with E-state index in [2.05, 4.69) is 6.08 Å². The first-order chi connectivity index (χ1) is 22.1. The number of nitrogens with zero attached hydrogens (tertiary/aromatic N) is 3. The molecule has 4 heterocycles. The third-order valence-corrected chi connectivity index (χ3v) is 11.5. The SMILES string of the molecule is CCOc1ccc(N2CC=C[C@]3(C)S[C@]45C=CCN(c6ccc(OC)cc6)C(=O)C4N([C@@H](CO)CC(C)C)C(=O)[C@@H]5[C@@H]3C2=O)cc1. The Morgan fingerprint density at radius 1 is 0.870 bits per heavy atom. The van der Waals surface area contributed by atoms with Gasteiger partial charge in [-0.05, 0) is 74.7 Å². The van der Waals surface area contributed by atoms with Crippen molar-refractivity contribution in [3.63, 3.8) is 0 Å². The normalized spacial score (nSPS) is 29.4. The van der Waals surface area contributed by atoms with Crippen molar-refractivity contribution >= 4 is 40.9 Å². The van der Waals surface area contributed by atoms with E-state index in [0.717, 1.165) is 11.4 Å². The molecule has 1 N–H and O–H groups in total. The minimum absolute atomic E-state index is 0.151. The lowest BCUT2D eigenvalue weighted by Gasteiger charge is -2.40. The molecule has 2 aromatic carbocycles. The molecular formula is C36H43N3O6S.